The number of nitrogens with one attached hydrogen (secondary N) is 1. The molecule has 1 amide bonds. The Balaban J connectivity index is 3.15. The van der Waals surface area contributed by atoms with E-state index in [1.54, 1.807) is 34.8 Å². The molecular weight excluding hydrogens is 504 g/mol. The summed E-state index contributed by atoms with van der Waals surface area (Å²) in [6, 6.07) is 5.11. The molecular formula is C29H50N2O8. The summed E-state index contributed by atoms with van der Waals surface area (Å²) in [5.74, 6) is -0.267. The summed E-state index contributed by atoms with van der Waals surface area (Å²) in [5.41, 5.74) is 5.91. The van der Waals surface area contributed by atoms with E-state index in [1.807, 2.05) is 18.2 Å². The second-order valence-electron chi connectivity index (χ2n) is 11.4. The molecule has 4 atom stereocenters. The Morgan fingerprint density at radius 1 is 1.03 bits per heavy atom. The maximum Gasteiger partial charge on any atom is 0.407 e. The lowest BCUT2D eigenvalue weighted by Crippen LogP contribution is -2.47. The number of aliphatic carboxylic acids is 1. The van der Waals surface area contributed by atoms with E-state index in [-0.39, 0.29) is 18.3 Å². The zero-order chi connectivity index (χ0) is 29.6. The summed E-state index contributed by atoms with van der Waals surface area (Å²) >= 11 is 0. The number of carbonyl (C=O) groups is 2. The van der Waals surface area contributed by atoms with E-state index in [9.17, 15) is 19.8 Å². The van der Waals surface area contributed by atoms with Crippen LogP contribution in [0, 0.1) is 17.8 Å². The molecule has 4 unspecified atom stereocenters. The van der Waals surface area contributed by atoms with Crippen LogP contribution in [-0.2, 0) is 20.7 Å². The number of methoxy groups -OCH3 is 1. The van der Waals surface area contributed by atoms with E-state index in [2.05, 4.69) is 19.2 Å². The number of nitrogens with two attached hydrogens (primary N) is 1. The van der Waals surface area contributed by atoms with Gasteiger partial charge in [0.15, 0.2) is 11.5 Å². The summed E-state index contributed by atoms with van der Waals surface area (Å²) in [4.78, 5) is 24.0. The van der Waals surface area contributed by atoms with E-state index >= 15 is 0 Å². The number of ether oxygens (including phenoxy) is 4. The Morgan fingerprint density at radius 3 is 2.26 bits per heavy atom. The number of hydrogen-bond donors (Lipinski definition) is 4. The van der Waals surface area contributed by atoms with Gasteiger partial charge in [0.25, 0.3) is 0 Å². The van der Waals surface area contributed by atoms with Gasteiger partial charge in [-0.25, -0.2) is 4.79 Å². The summed E-state index contributed by atoms with van der Waals surface area (Å²) in [7, 11) is 1.65. The molecule has 224 valence electrons. The fourth-order valence-electron chi connectivity index (χ4n) is 4.08. The predicted octanol–water partition coefficient (Wildman–Crippen LogP) is 4.01. The minimum Gasteiger partial charge on any atom is -0.490 e. The van der Waals surface area contributed by atoms with Gasteiger partial charge in [0.1, 0.15) is 12.2 Å². The van der Waals surface area contributed by atoms with E-state index in [0.717, 1.165) is 12.0 Å². The molecule has 0 aromatic heterocycles. The number of carboxylic acids is 1. The molecule has 0 heterocycles. The highest BCUT2D eigenvalue weighted by Crippen LogP contribution is 2.32. The number of hydrogen-bond acceptors (Lipinski definition) is 8. The van der Waals surface area contributed by atoms with Gasteiger partial charge in [-0.05, 0) is 69.6 Å². The Kier molecular flexibility index (Phi) is 15.2. The van der Waals surface area contributed by atoms with Crippen LogP contribution in [0.3, 0.4) is 0 Å². The van der Waals surface area contributed by atoms with Crippen LogP contribution in [0.15, 0.2) is 18.2 Å². The van der Waals surface area contributed by atoms with Gasteiger partial charge in [-0.2, -0.15) is 0 Å². The molecule has 0 saturated heterocycles. The molecule has 0 spiro atoms. The third-order valence-electron chi connectivity index (χ3n) is 6.31. The first-order chi connectivity index (χ1) is 18.3. The standard InChI is InChI=1S/C29H50N2O8/c1-19(2)22(16-21-9-10-25(38-14-11-30)26(17-21)37-13-8-12-36-7)18-23(24(32)15-20(3)27(33)34)31-28(35)39-29(4,5)6/h9-10,17,19-20,22-24,32H,8,11-16,18,30H2,1-7H3,(H,31,35)(H,33,34). The SMILES string of the molecule is COCCCOc1cc(CC(CC(NC(=O)OC(C)(C)C)C(O)CC(C)C(=O)O)C(C)C)ccc1OCCN. The fourth-order valence-corrected chi connectivity index (χ4v) is 4.08. The Bertz CT molecular complexity index is 871. The van der Waals surface area contributed by atoms with Crippen molar-refractivity contribution in [2.45, 2.75) is 85.0 Å². The lowest BCUT2D eigenvalue weighted by atomic mass is 9.82. The minimum absolute atomic E-state index is 0.00720. The van der Waals surface area contributed by atoms with E-state index in [4.69, 9.17) is 24.7 Å². The molecule has 0 aliphatic carbocycles. The number of amides is 1. The molecule has 0 fully saturated rings. The largest absolute Gasteiger partial charge is 0.490 e. The van der Waals surface area contributed by atoms with Crippen LogP contribution in [0.2, 0.25) is 0 Å². The van der Waals surface area contributed by atoms with Gasteiger partial charge in [-0.3, -0.25) is 4.79 Å². The zero-order valence-corrected chi connectivity index (χ0v) is 24.7. The molecule has 10 nitrogen and oxygen atoms in total. The van der Waals surface area contributed by atoms with E-state index < -0.39 is 35.7 Å². The van der Waals surface area contributed by atoms with Crippen LogP contribution in [0.25, 0.3) is 0 Å². The monoisotopic (exact) mass is 554 g/mol. The van der Waals surface area contributed by atoms with Crippen molar-refractivity contribution in [3.63, 3.8) is 0 Å². The minimum atomic E-state index is -1.06. The van der Waals surface area contributed by atoms with Crippen molar-refractivity contribution >= 4 is 12.1 Å². The third kappa shape index (κ3) is 13.9. The molecule has 5 N–H and O–H groups in total. The average Bonchev–Trinajstić information content (AvgIpc) is 2.83. The number of rotatable bonds is 18. The van der Waals surface area contributed by atoms with Gasteiger partial charge in [0, 0.05) is 26.7 Å². The van der Waals surface area contributed by atoms with Crippen LogP contribution in [0.4, 0.5) is 4.79 Å². The van der Waals surface area contributed by atoms with Crippen molar-refractivity contribution in [2.24, 2.45) is 23.5 Å². The van der Waals surface area contributed by atoms with Crippen LogP contribution in [0.1, 0.15) is 66.4 Å². The maximum atomic E-state index is 12.6. The first-order valence-corrected chi connectivity index (χ1v) is 13.7. The van der Waals surface area contributed by atoms with Crippen LogP contribution in [-0.4, -0.2) is 73.5 Å². The highest BCUT2D eigenvalue weighted by atomic mass is 16.6. The van der Waals surface area contributed by atoms with Crippen molar-refractivity contribution in [3.05, 3.63) is 23.8 Å². The molecule has 0 aliphatic heterocycles. The Labute approximate surface area is 233 Å². The van der Waals surface area contributed by atoms with Gasteiger partial charge in [0.2, 0.25) is 0 Å². The molecule has 0 aliphatic rings. The van der Waals surface area contributed by atoms with Crippen molar-refractivity contribution in [2.75, 3.05) is 33.5 Å². The Morgan fingerprint density at radius 2 is 1.69 bits per heavy atom. The summed E-state index contributed by atoms with van der Waals surface area (Å²) in [6.07, 6.45) is 0.113. The average molecular weight is 555 g/mol. The Hall–Kier alpha value is -2.56. The number of carbonyl (C=O) groups excluding carboxylic acids is 1. The van der Waals surface area contributed by atoms with Crippen molar-refractivity contribution in [1.29, 1.82) is 0 Å². The van der Waals surface area contributed by atoms with Crippen molar-refractivity contribution in [1.82, 2.24) is 5.32 Å². The zero-order valence-electron chi connectivity index (χ0n) is 24.7. The summed E-state index contributed by atoms with van der Waals surface area (Å²) in [5, 5.41) is 23.1. The maximum absolute atomic E-state index is 12.6. The normalized spacial score (nSPS) is 14.8. The molecule has 1 aromatic carbocycles. The lowest BCUT2D eigenvalue weighted by Gasteiger charge is -2.32. The highest BCUT2D eigenvalue weighted by Gasteiger charge is 2.31. The topological polar surface area (TPSA) is 150 Å². The summed E-state index contributed by atoms with van der Waals surface area (Å²) < 4.78 is 22.3. The molecule has 10 heteroatoms. The molecule has 0 radical (unpaired) electrons. The van der Waals surface area contributed by atoms with Gasteiger partial charge >= 0.3 is 12.1 Å². The lowest BCUT2D eigenvalue weighted by molar-refractivity contribution is -0.142. The smallest absolute Gasteiger partial charge is 0.407 e. The quantitative estimate of drug-likeness (QED) is 0.197. The van der Waals surface area contributed by atoms with Crippen molar-refractivity contribution in [3.8, 4) is 11.5 Å². The number of alkyl carbamates (subject to hydrolysis) is 1. The number of benzene rings is 1. The molecule has 39 heavy (non-hydrogen) atoms. The van der Waals surface area contributed by atoms with Gasteiger partial charge in [-0.1, -0.05) is 26.8 Å². The van der Waals surface area contributed by atoms with Crippen molar-refractivity contribution < 1.29 is 38.7 Å². The summed E-state index contributed by atoms with van der Waals surface area (Å²) in [6.45, 7) is 12.8. The number of aliphatic hydroxyl groups is 1. The second-order valence-corrected chi connectivity index (χ2v) is 11.4. The van der Waals surface area contributed by atoms with Gasteiger partial charge < -0.3 is 40.2 Å². The molecule has 1 aromatic rings. The second kappa shape index (κ2) is 17.2. The van der Waals surface area contributed by atoms with E-state index in [1.165, 1.54) is 0 Å². The number of carboxylic acid groups (broad SMARTS) is 1. The molecule has 1 rings (SSSR count). The number of aliphatic hydroxyl groups excluding tert-OH is 1. The highest BCUT2D eigenvalue weighted by molar-refractivity contribution is 5.70. The first kappa shape index (κ1) is 34.5. The third-order valence-corrected chi connectivity index (χ3v) is 6.31. The van der Waals surface area contributed by atoms with Crippen LogP contribution < -0.4 is 20.5 Å². The van der Waals surface area contributed by atoms with Gasteiger partial charge in [0.05, 0.1) is 24.7 Å². The fraction of sp³-hybridized carbons (Fsp3) is 0.724. The van der Waals surface area contributed by atoms with E-state index in [0.29, 0.717) is 50.7 Å². The predicted molar refractivity (Wildman–Crippen MR) is 150 cm³/mol. The first-order valence-electron chi connectivity index (χ1n) is 13.7. The molecule has 0 bridgehead atoms. The molecule has 0 saturated carbocycles. The van der Waals surface area contributed by atoms with Gasteiger partial charge in [-0.15, -0.1) is 0 Å². The van der Waals surface area contributed by atoms with Crippen LogP contribution >= 0.6 is 0 Å². The van der Waals surface area contributed by atoms with Crippen LogP contribution in [0.5, 0.6) is 11.5 Å².